The van der Waals surface area contributed by atoms with Gasteiger partial charge in [0.15, 0.2) is 15.0 Å². The number of carbonyl (C=O) groups is 2. The molecule has 7 nitrogen and oxygen atoms in total. The van der Waals surface area contributed by atoms with Crippen molar-refractivity contribution < 1.29 is 23.1 Å². The lowest BCUT2D eigenvalue weighted by Crippen LogP contribution is -2.15. The molecule has 1 amide bonds. The summed E-state index contributed by atoms with van der Waals surface area (Å²) in [5, 5.41) is 13.2. The third-order valence-corrected chi connectivity index (χ3v) is 8.69. The number of aromatic nitrogens is 1. The number of thiazole rings is 1. The zero-order valence-electron chi connectivity index (χ0n) is 16.9. The molecule has 2 fully saturated rings. The zero-order valence-corrected chi connectivity index (χ0v) is 18.5. The average molecular weight is 461 g/mol. The van der Waals surface area contributed by atoms with E-state index in [0.29, 0.717) is 29.9 Å². The Morgan fingerprint density at radius 2 is 1.81 bits per heavy atom. The standard InChI is InChI=1S/C22H24N2O5S2/c25-12-20(26)19-13-30-22(23-19)24-21(27)18(11-14-3-1-2-4-14)15-5-7-16(8-6-15)31(28,29)17-9-10-17/h5-8,11,13-14,17,25H,1-4,9-10,12H2,(H,23,24,27)/b18-11+. The maximum atomic E-state index is 13.1. The van der Waals surface area contributed by atoms with Crippen LogP contribution in [0.1, 0.15) is 54.6 Å². The van der Waals surface area contributed by atoms with Gasteiger partial charge in [0.1, 0.15) is 12.3 Å². The largest absolute Gasteiger partial charge is 0.388 e. The van der Waals surface area contributed by atoms with Crippen LogP contribution in [0.3, 0.4) is 0 Å². The normalized spacial score (nSPS) is 17.6. The van der Waals surface area contributed by atoms with Gasteiger partial charge in [0.2, 0.25) is 5.78 Å². The van der Waals surface area contributed by atoms with Crippen LogP contribution in [0.5, 0.6) is 0 Å². The van der Waals surface area contributed by atoms with Crippen molar-refractivity contribution in [2.45, 2.75) is 48.7 Å². The van der Waals surface area contributed by atoms with E-state index in [4.69, 9.17) is 5.11 Å². The number of Topliss-reactive ketones (excluding diaryl/α,β-unsaturated/α-hetero) is 1. The van der Waals surface area contributed by atoms with Gasteiger partial charge >= 0.3 is 0 Å². The van der Waals surface area contributed by atoms with E-state index in [0.717, 1.165) is 37.0 Å². The molecule has 164 valence electrons. The summed E-state index contributed by atoms with van der Waals surface area (Å²) in [5.74, 6) is -0.577. The number of anilines is 1. The van der Waals surface area contributed by atoms with E-state index >= 15 is 0 Å². The van der Waals surface area contributed by atoms with Crippen LogP contribution in [0, 0.1) is 5.92 Å². The topological polar surface area (TPSA) is 113 Å². The summed E-state index contributed by atoms with van der Waals surface area (Å²) < 4.78 is 24.9. The molecule has 31 heavy (non-hydrogen) atoms. The Morgan fingerprint density at radius 1 is 1.13 bits per heavy atom. The number of hydrogen-bond acceptors (Lipinski definition) is 7. The quantitative estimate of drug-likeness (QED) is 0.461. The van der Waals surface area contributed by atoms with Gasteiger partial charge in [0.05, 0.1) is 10.1 Å². The number of benzene rings is 1. The first-order chi connectivity index (χ1) is 14.9. The van der Waals surface area contributed by atoms with Gasteiger partial charge in [-0.25, -0.2) is 13.4 Å². The number of nitrogens with zero attached hydrogens (tertiary/aromatic N) is 1. The molecule has 0 atom stereocenters. The van der Waals surface area contributed by atoms with E-state index in [-0.39, 0.29) is 26.9 Å². The van der Waals surface area contributed by atoms with Crippen LogP contribution in [0.25, 0.3) is 5.57 Å². The van der Waals surface area contributed by atoms with E-state index < -0.39 is 22.2 Å². The monoisotopic (exact) mass is 460 g/mol. The zero-order chi connectivity index (χ0) is 22.0. The highest BCUT2D eigenvalue weighted by Gasteiger charge is 2.36. The van der Waals surface area contributed by atoms with Crippen LogP contribution < -0.4 is 5.32 Å². The molecule has 2 N–H and O–H groups in total. The van der Waals surface area contributed by atoms with Crippen molar-refractivity contribution in [1.82, 2.24) is 4.98 Å². The second kappa shape index (κ2) is 9.02. The summed E-state index contributed by atoms with van der Waals surface area (Å²) in [5.41, 5.74) is 1.22. The van der Waals surface area contributed by atoms with Crippen molar-refractivity contribution in [3.05, 3.63) is 47.0 Å². The number of aliphatic hydroxyl groups excluding tert-OH is 1. The predicted octanol–water partition coefficient (Wildman–Crippen LogP) is 3.47. The summed E-state index contributed by atoms with van der Waals surface area (Å²) in [4.78, 5) is 29.0. The van der Waals surface area contributed by atoms with Gasteiger partial charge in [-0.2, -0.15) is 0 Å². The Morgan fingerprint density at radius 3 is 2.42 bits per heavy atom. The van der Waals surface area contributed by atoms with Crippen LogP contribution >= 0.6 is 11.3 Å². The van der Waals surface area contributed by atoms with Crippen molar-refractivity contribution in [3.63, 3.8) is 0 Å². The fourth-order valence-corrected chi connectivity index (χ4v) is 6.13. The Balaban J connectivity index is 1.59. The minimum Gasteiger partial charge on any atom is -0.388 e. The second-order valence-corrected chi connectivity index (χ2v) is 11.1. The molecule has 0 spiro atoms. The maximum Gasteiger partial charge on any atom is 0.257 e. The predicted molar refractivity (Wildman–Crippen MR) is 119 cm³/mol. The number of allylic oxidation sites excluding steroid dienone is 1. The summed E-state index contributed by atoms with van der Waals surface area (Å²) in [6.45, 7) is -0.639. The molecule has 0 unspecified atom stereocenters. The molecular formula is C22H24N2O5S2. The summed E-state index contributed by atoms with van der Waals surface area (Å²) in [6, 6.07) is 6.50. The van der Waals surface area contributed by atoms with Gasteiger partial charge in [-0.3, -0.25) is 14.9 Å². The van der Waals surface area contributed by atoms with Gasteiger partial charge in [0, 0.05) is 11.0 Å². The van der Waals surface area contributed by atoms with Crippen molar-refractivity contribution in [2.24, 2.45) is 5.92 Å². The highest BCUT2D eigenvalue weighted by Crippen LogP contribution is 2.34. The highest BCUT2D eigenvalue weighted by molar-refractivity contribution is 7.92. The third kappa shape index (κ3) is 4.94. The number of nitrogens with one attached hydrogen (secondary N) is 1. The fourth-order valence-electron chi connectivity index (χ4n) is 3.76. The smallest absolute Gasteiger partial charge is 0.257 e. The first kappa shape index (κ1) is 21.9. The Hall–Kier alpha value is -2.36. The van der Waals surface area contributed by atoms with E-state index in [2.05, 4.69) is 10.3 Å². The number of aliphatic hydroxyl groups is 1. The summed E-state index contributed by atoms with van der Waals surface area (Å²) >= 11 is 1.11. The number of sulfone groups is 1. The lowest BCUT2D eigenvalue weighted by molar-refractivity contribution is -0.111. The maximum absolute atomic E-state index is 13.1. The Kier molecular flexibility index (Phi) is 6.36. The van der Waals surface area contributed by atoms with Crippen LogP contribution in [-0.4, -0.2) is 42.1 Å². The molecule has 0 aliphatic heterocycles. The molecular weight excluding hydrogens is 436 g/mol. The van der Waals surface area contributed by atoms with Crippen LogP contribution in [0.15, 0.2) is 40.6 Å². The number of ketones is 1. The molecule has 1 aromatic carbocycles. The molecule has 1 heterocycles. The highest BCUT2D eigenvalue weighted by atomic mass is 32.2. The minimum absolute atomic E-state index is 0.110. The number of amides is 1. The minimum atomic E-state index is -3.29. The molecule has 2 saturated carbocycles. The SMILES string of the molecule is O=C(Nc1nc(C(=O)CO)cs1)/C(=C/C1CCCC1)c1ccc(S(=O)(=O)C2CC2)cc1. The van der Waals surface area contributed by atoms with Crippen molar-refractivity contribution in [3.8, 4) is 0 Å². The third-order valence-electron chi connectivity index (χ3n) is 5.66. The summed E-state index contributed by atoms with van der Waals surface area (Å²) in [7, 11) is -3.29. The van der Waals surface area contributed by atoms with Crippen LogP contribution in [-0.2, 0) is 14.6 Å². The Labute approximate surface area is 185 Å². The fraction of sp³-hybridized carbons (Fsp3) is 0.409. The number of carbonyl (C=O) groups excluding carboxylic acids is 2. The lowest BCUT2D eigenvalue weighted by Gasteiger charge is -2.12. The van der Waals surface area contributed by atoms with Crippen molar-refractivity contribution in [2.75, 3.05) is 11.9 Å². The van der Waals surface area contributed by atoms with Crippen molar-refractivity contribution in [1.29, 1.82) is 0 Å². The average Bonchev–Trinajstić information content (AvgIpc) is 3.33. The van der Waals surface area contributed by atoms with Gasteiger partial charge in [-0.1, -0.05) is 31.1 Å². The molecule has 0 saturated heterocycles. The van der Waals surface area contributed by atoms with Crippen LogP contribution in [0.4, 0.5) is 5.13 Å². The van der Waals surface area contributed by atoms with E-state index in [9.17, 15) is 18.0 Å². The van der Waals surface area contributed by atoms with Gasteiger partial charge < -0.3 is 5.11 Å². The molecule has 9 heteroatoms. The molecule has 2 aliphatic carbocycles. The first-order valence-electron chi connectivity index (χ1n) is 10.4. The molecule has 0 bridgehead atoms. The van der Waals surface area contributed by atoms with E-state index in [1.165, 1.54) is 5.38 Å². The molecule has 2 aromatic rings. The Bertz CT molecular complexity index is 1110. The molecule has 4 rings (SSSR count). The van der Waals surface area contributed by atoms with Crippen molar-refractivity contribution >= 4 is 43.6 Å². The molecule has 0 radical (unpaired) electrons. The number of hydrogen-bond donors (Lipinski definition) is 2. The lowest BCUT2D eigenvalue weighted by atomic mass is 9.98. The second-order valence-electron chi connectivity index (χ2n) is 7.97. The number of rotatable bonds is 8. The molecule has 2 aliphatic rings. The van der Waals surface area contributed by atoms with Crippen LogP contribution in [0.2, 0.25) is 0 Å². The van der Waals surface area contributed by atoms with E-state index in [1.807, 2.05) is 6.08 Å². The molecule has 1 aromatic heterocycles. The van der Waals surface area contributed by atoms with Gasteiger partial charge in [0.25, 0.3) is 5.91 Å². The van der Waals surface area contributed by atoms with Gasteiger partial charge in [-0.15, -0.1) is 11.3 Å². The van der Waals surface area contributed by atoms with Gasteiger partial charge in [-0.05, 0) is 49.3 Å². The van der Waals surface area contributed by atoms with E-state index in [1.54, 1.807) is 24.3 Å². The summed E-state index contributed by atoms with van der Waals surface area (Å²) in [6.07, 6.45) is 7.62. The first-order valence-corrected chi connectivity index (χ1v) is 12.8.